The van der Waals surface area contributed by atoms with Crippen LogP contribution in [0.5, 0.6) is 0 Å². The normalized spacial score (nSPS) is 8.89. The molecule has 2 heteroatoms. The highest BCUT2D eigenvalue weighted by Gasteiger charge is 1.78. The second kappa shape index (κ2) is 2.97. The van der Waals surface area contributed by atoms with Crippen molar-refractivity contribution >= 4 is 6.29 Å². The molecule has 0 N–H and O–H groups in total. The van der Waals surface area contributed by atoms with Crippen molar-refractivity contribution in [3.63, 3.8) is 0 Å². The lowest BCUT2D eigenvalue weighted by molar-refractivity contribution is 0.555. The van der Waals surface area contributed by atoms with Gasteiger partial charge in [-0.2, -0.15) is 0 Å². The Morgan fingerprint density at radius 3 is 2.67 bits per heavy atom. The predicted molar refractivity (Wildman–Crippen MR) is 33.6 cm³/mol. The molecular formula is C7H6NO-. The fourth-order valence-corrected chi connectivity index (χ4v) is 0.584. The molecule has 46 valence electrons. The first-order valence-electron chi connectivity index (χ1n) is 2.67. The van der Waals surface area contributed by atoms with Crippen LogP contribution in [-0.2, 0) is 11.2 Å². The maximum atomic E-state index is 9.83. The summed E-state index contributed by atoms with van der Waals surface area (Å²) in [6, 6.07) is 3.59. The van der Waals surface area contributed by atoms with Crippen molar-refractivity contribution in [2.75, 3.05) is 0 Å². The molecule has 0 amide bonds. The van der Waals surface area contributed by atoms with Crippen LogP contribution in [0.15, 0.2) is 24.5 Å². The quantitative estimate of drug-likeness (QED) is 0.538. The van der Waals surface area contributed by atoms with Gasteiger partial charge in [0.05, 0.1) is 0 Å². The maximum absolute atomic E-state index is 9.83. The van der Waals surface area contributed by atoms with Crippen molar-refractivity contribution in [2.24, 2.45) is 0 Å². The third-order valence-corrected chi connectivity index (χ3v) is 1.03. The van der Waals surface area contributed by atoms with E-state index in [1.165, 1.54) is 0 Å². The minimum absolute atomic E-state index is 0.364. The number of hydrogen-bond donors (Lipinski definition) is 0. The molecule has 1 aromatic rings. The predicted octanol–water partition coefficient (Wildman–Crippen LogP) is 0.734. The van der Waals surface area contributed by atoms with Gasteiger partial charge in [-0.05, 0) is 12.1 Å². The molecule has 0 saturated carbocycles. The molecule has 0 spiro atoms. The minimum atomic E-state index is 0.364. The fraction of sp³-hybridized carbons (Fsp3) is 0.143. The van der Waals surface area contributed by atoms with Gasteiger partial charge >= 0.3 is 0 Å². The summed E-state index contributed by atoms with van der Waals surface area (Å²) in [6.45, 7) is 0. The smallest absolute Gasteiger partial charge is 0.0269 e. The summed E-state index contributed by atoms with van der Waals surface area (Å²) in [5, 5.41) is 0. The molecule has 1 aromatic heterocycles. The van der Waals surface area contributed by atoms with Gasteiger partial charge in [-0.15, -0.1) is 6.42 Å². The van der Waals surface area contributed by atoms with Crippen LogP contribution in [0.1, 0.15) is 5.56 Å². The largest absolute Gasteiger partial charge is 0.541 e. The Hall–Kier alpha value is -1.18. The molecule has 0 aliphatic carbocycles. The zero-order valence-electron chi connectivity index (χ0n) is 4.87. The molecule has 0 unspecified atom stereocenters. The first-order valence-corrected chi connectivity index (χ1v) is 2.67. The van der Waals surface area contributed by atoms with E-state index in [0.717, 1.165) is 5.56 Å². The lowest BCUT2D eigenvalue weighted by Crippen LogP contribution is -1.83. The van der Waals surface area contributed by atoms with Gasteiger partial charge < -0.3 is 4.79 Å². The molecule has 0 aliphatic heterocycles. The monoisotopic (exact) mass is 120 g/mol. The van der Waals surface area contributed by atoms with Crippen molar-refractivity contribution in [1.82, 2.24) is 4.98 Å². The van der Waals surface area contributed by atoms with Gasteiger partial charge in [0.1, 0.15) is 0 Å². The van der Waals surface area contributed by atoms with Crippen LogP contribution in [-0.4, -0.2) is 11.3 Å². The van der Waals surface area contributed by atoms with Crippen LogP contribution in [0.2, 0.25) is 0 Å². The van der Waals surface area contributed by atoms with Crippen molar-refractivity contribution < 1.29 is 4.79 Å². The molecule has 0 aromatic carbocycles. The highest BCUT2D eigenvalue weighted by Crippen LogP contribution is 1.93. The van der Waals surface area contributed by atoms with Gasteiger partial charge in [-0.1, -0.05) is 5.56 Å². The van der Waals surface area contributed by atoms with E-state index in [4.69, 9.17) is 0 Å². The zero-order valence-corrected chi connectivity index (χ0v) is 4.87. The standard InChI is InChI=1S/C7H6NO/c9-6-3-7-1-4-8-5-2-7/h1-2,4-5H,3H2/q-1. The third-order valence-electron chi connectivity index (χ3n) is 1.03. The summed E-state index contributed by atoms with van der Waals surface area (Å²) in [4.78, 5) is 13.6. The van der Waals surface area contributed by atoms with Crippen molar-refractivity contribution in [3.05, 3.63) is 30.1 Å². The van der Waals surface area contributed by atoms with Crippen LogP contribution >= 0.6 is 0 Å². The Morgan fingerprint density at radius 2 is 2.11 bits per heavy atom. The molecule has 0 radical (unpaired) electrons. The molecule has 0 aliphatic rings. The Kier molecular flexibility index (Phi) is 1.96. The van der Waals surface area contributed by atoms with E-state index in [9.17, 15) is 4.79 Å². The zero-order chi connectivity index (χ0) is 6.53. The summed E-state index contributed by atoms with van der Waals surface area (Å²) in [6.07, 6.45) is 5.49. The topological polar surface area (TPSA) is 30.0 Å². The van der Waals surface area contributed by atoms with E-state index in [-0.39, 0.29) is 0 Å². The van der Waals surface area contributed by atoms with E-state index >= 15 is 0 Å². The Labute approximate surface area is 53.5 Å². The Morgan fingerprint density at radius 1 is 1.44 bits per heavy atom. The van der Waals surface area contributed by atoms with Gasteiger partial charge in [-0.25, -0.2) is 0 Å². The number of rotatable bonds is 2. The third kappa shape index (κ3) is 1.64. The maximum Gasteiger partial charge on any atom is 0.0269 e. The number of aromatic nitrogens is 1. The molecule has 0 atom stereocenters. The summed E-state index contributed by atoms with van der Waals surface area (Å²) < 4.78 is 0. The Balaban J connectivity index is 2.72. The molecule has 0 fully saturated rings. The van der Waals surface area contributed by atoms with Gasteiger partial charge in [0.2, 0.25) is 0 Å². The first kappa shape index (κ1) is 5.95. The molecule has 0 bridgehead atoms. The van der Waals surface area contributed by atoms with Gasteiger partial charge in [-0.3, -0.25) is 11.3 Å². The highest BCUT2D eigenvalue weighted by atomic mass is 16.1. The van der Waals surface area contributed by atoms with Crippen LogP contribution < -0.4 is 0 Å². The molecule has 9 heavy (non-hydrogen) atoms. The van der Waals surface area contributed by atoms with E-state index in [1.807, 2.05) is 0 Å². The van der Waals surface area contributed by atoms with E-state index in [2.05, 4.69) is 4.98 Å². The van der Waals surface area contributed by atoms with Crippen LogP contribution in [0.3, 0.4) is 0 Å². The van der Waals surface area contributed by atoms with E-state index in [0.29, 0.717) is 6.42 Å². The van der Waals surface area contributed by atoms with Crippen LogP contribution in [0, 0.1) is 0 Å². The second-order valence-electron chi connectivity index (χ2n) is 1.68. The SMILES string of the molecule is O=[C-]Cc1ccncc1. The van der Waals surface area contributed by atoms with Crippen LogP contribution in [0.25, 0.3) is 0 Å². The number of nitrogens with zero attached hydrogens (tertiary/aromatic N) is 1. The lowest BCUT2D eigenvalue weighted by atomic mass is 10.2. The van der Waals surface area contributed by atoms with Gasteiger partial charge in [0.25, 0.3) is 0 Å². The number of carbonyl (C=O) groups excluding carboxylic acids is 1. The number of pyridine rings is 1. The second-order valence-corrected chi connectivity index (χ2v) is 1.68. The average molecular weight is 120 g/mol. The fourth-order valence-electron chi connectivity index (χ4n) is 0.584. The average Bonchev–Trinajstić information content (AvgIpc) is 1.91. The van der Waals surface area contributed by atoms with Crippen molar-refractivity contribution in [1.29, 1.82) is 0 Å². The minimum Gasteiger partial charge on any atom is -0.541 e. The number of hydrogen-bond acceptors (Lipinski definition) is 2. The summed E-state index contributed by atoms with van der Waals surface area (Å²) in [7, 11) is 0. The first-order chi connectivity index (χ1) is 4.43. The summed E-state index contributed by atoms with van der Waals surface area (Å²) >= 11 is 0. The summed E-state index contributed by atoms with van der Waals surface area (Å²) in [5.74, 6) is 0. The van der Waals surface area contributed by atoms with Crippen molar-refractivity contribution in [2.45, 2.75) is 6.42 Å². The lowest BCUT2D eigenvalue weighted by Gasteiger charge is -1.96. The van der Waals surface area contributed by atoms with Gasteiger partial charge in [0, 0.05) is 12.4 Å². The van der Waals surface area contributed by atoms with E-state index in [1.54, 1.807) is 30.8 Å². The summed E-state index contributed by atoms with van der Waals surface area (Å²) in [5.41, 5.74) is 0.958. The molecule has 1 rings (SSSR count). The van der Waals surface area contributed by atoms with E-state index < -0.39 is 0 Å². The molecule has 1 heterocycles. The Bertz CT molecular complexity index is 183. The molecule has 0 saturated heterocycles. The molecular weight excluding hydrogens is 114 g/mol. The highest BCUT2D eigenvalue weighted by molar-refractivity contribution is 5.55. The van der Waals surface area contributed by atoms with Crippen molar-refractivity contribution in [3.8, 4) is 0 Å². The van der Waals surface area contributed by atoms with Gasteiger partial charge in [0.15, 0.2) is 0 Å². The molecule has 2 nitrogen and oxygen atoms in total. The van der Waals surface area contributed by atoms with Crippen LogP contribution in [0.4, 0.5) is 0 Å².